The van der Waals surface area contributed by atoms with E-state index >= 15 is 0 Å². The third-order valence-electron chi connectivity index (χ3n) is 15.9. The van der Waals surface area contributed by atoms with Crippen LogP contribution < -0.4 is 0 Å². The molecule has 10 heteroatoms. The molecule has 0 radical (unpaired) electrons. The maximum atomic E-state index is 12.9. The van der Waals surface area contributed by atoms with Crippen LogP contribution in [0, 0.1) is 0 Å². The first-order valence-corrected chi connectivity index (χ1v) is 37.8. The Bertz CT molecular complexity index is 1730. The molecule has 0 saturated carbocycles. The van der Waals surface area contributed by atoms with Crippen LogP contribution in [0.1, 0.15) is 335 Å². The molecule has 9 nitrogen and oxygen atoms in total. The number of phosphoric ester groups is 1. The highest BCUT2D eigenvalue weighted by molar-refractivity contribution is 7.47. The molecular formula is C76H139NO8P+. The second-order valence-corrected chi connectivity index (χ2v) is 27.0. The topological polar surface area (TPSA) is 108 Å². The highest BCUT2D eigenvalue weighted by Gasteiger charge is 2.27. The molecule has 0 bridgehead atoms. The van der Waals surface area contributed by atoms with Gasteiger partial charge in [0.15, 0.2) is 6.10 Å². The molecule has 0 aliphatic heterocycles. The molecule has 0 fully saturated rings. The lowest BCUT2D eigenvalue weighted by Gasteiger charge is -2.24. The highest BCUT2D eigenvalue weighted by Crippen LogP contribution is 2.43. The van der Waals surface area contributed by atoms with Crippen molar-refractivity contribution >= 4 is 19.8 Å². The minimum Gasteiger partial charge on any atom is -0.462 e. The molecule has 0 saturated heterocycles. The fourth-order valence-corrected chi connectivity index (χ4v) is 11.1. The van der Waals surface area contributed by atoms with E-state index in [1.54, 1.807) is 0 Å². The largest absolute Gasteiger partial charge is 0.472 e. The number of hydrogen-bond donors (Lipinski definition) is 1. The van der Waals surface area contributed by atoms with E-state index in [1.165, 1.54) is 231 Å². The van der Waals surface area contributed by atoms with Crippen LogP contribution in [-0.2, 0) is 32.7 Å². The predicted molar refractivity (Wildman–Crippen MR) is 372 cm³/mol. The summed E-state index contributed by atoms with van der Waals surface area (Å²) < 4.78 is 34.8. The van der Waals surface area contributed by atoms with Crippen molar-refractivity contribution in [3.05, 3.63) is 85.1 Å². The maximum Gasteiger partial charge on any atom is 0.472 e. The van der Waals surface area contributed by atoms with Crippen LogP contribution in [0.4, 0.5) is 0 Å². The van der Waals surface area contributed by atoms with Gasteiger partial charge in [-0.3, -0.25) is 18.6 Å². The summed E-state index contributed by atoms with van der Waals surface area (Å²) in [5.41, 5.74) is 0. The number of carbonyl (C=O) groups is 2. The van der Waals surface area contributed by atoms with Gasteiger partial charge >= 0.3 is 19.8 Å². The van der Waals surface area contributed by atoms with Crippen molar-refractivity contribution in [1.82, 2.24) is 0 Å². The van der Waals surface area contributed by atoms with Gasteiger partial charge in [0.2, 0.25) is 0 Å². The number of phosphoric acid groups is 1. The Hall–Kier alpha value is -2.81. The number of quaternary nitrogens is 1. The molecule has 0 aromatic heterocycles. The van der Waals surface area contributed by atoms with Crippen molar-refractivity contribution in [2.75, 3.05) is 47.5 Å². The lowest BCUT2D eigenvalue weighted by molar-refractivity contribution is -0.870. The van der Waals surface area contributed by atoms with Crippen LogP contribution in [-0.4, -0.2) is 74.9 Å². The van der Waals surface area contributed by atoms with Gasteiger partial charge in [0.25, 0.3) is 0 Å². The first-order valence-electron chi connectivity index (χ1n) is 36.3. The summed E-state index contributed by atoms with van der Waals surface area (Å²) >= 11 is 0. The molecule has 0 aromatic carbocycles. The van der Waals surface area contributed by atoms with Crippen LogP contribution in [0.15, 0.2) is 85.1 Å². The van der Waals surface area contributed by atoms with E-state index in [2.05, 4.69) is 98.9 Å². The fourth-order valence-electron chi connectivity index (χ4n) is 10.4. The SMILES string of the molecule is CC/C=C\C/C=C\C/C=C\C/C=C\CCCCCCCCCCCCCCCCCCCCCCC(=O)OC(COC(=O)CCCCCCCCCCCCCCCC/C=C\C/C=C\C/C=C\CCCCCCC)COP(=O)(O)OCC[N+](C)(C)C. The number of esters is 2. The number of allylic oxidation sites excluding steroid dienone is 14. The first-order chi connectivity index (χ1) is 42.0. The molecule has 0 heterocycles. The van der Waals surface area contributed by atoms with Gasteiger partial charge in [0, 0.05) is 12.8 Å². The molecule has 0 rings (SSSR count). The Balaban J connectivity index is 4.00. The molecule has 0 amide bonds. The van der Waals surface area contributed by atoms with Gasteiger partial charge in [-0.05, 0) is 89.9 Å². The van der Waals surface area contributed by atoms with E-state index in [4.69, 9.17) is 18.5 Å². The van der Waals surface area contributed by atoms with E-state index < -0.39 is 26.5 Å². The summed E-state index contributed by atoms with van der Waals surface area (Å²) in [6, 6.07) is 0. The Kier molecular flexibility index (Phi) is 64.4. The smallest absolute Gasteiger partial charge is 0.462 e. The number of unbranched alkanes of at least 4 members (excludes halogenated alkanes) is 39. The number of likely N-dealkylation sites (N-methyl/N-ethyl adjacent to an activating group) is 1. The maximum absolute atomic E-state index is 12.9. The summed E-state index contributed by atoms with van der Waals surface area (Å²) in [6.45, 7) is 4.35. The van der Waals surface area contributed by atoms with Gasteiger partial charge in [-0.2, -0.15) is 0 Å². The monoisotopic (exact) mass is 1230 g/mol. The van der Waals surface area contributed by atoms with Gasteiger partial charge in [0.05, 0.1) is 27.7 Å². The number of ether oxygens (including phenoxy) is 2. The summed E-state index contributed by atoms with van der Waals surface area (Å²) in [5, 5.41) is 0. The van der Waals surface area contributed by atoms with E-state index in [9.17, 15) is 19.0 Å². The summed E-state index contributed by atoms with van der Waals surface area (Å²) in [7, 11) is 1.49. The Morgan fingerprint density at radius 1 is 0.372 bits per heavy atom. The zero-order valence-electron chi connectivity index (χ0n) is 57.0. The highest BCUT2D eigenvalue weighted by atomic mass is 31.2. The molecule has 500 valence electrons. The second-order valence-electron chi connectivity index (χ2n) is 25.6. The minimum absolute atomic E-state index is 0.0311. The van der Waals surface area contributed by atoms with Crippen molar-refractivity contribution in [2.45, 2.75) is 341 Å². The Labute approximate surface area is 532 Å². The molecular weight excluding hydrogens is 1090 g/mol. The van der Waals surface area contributed by atoms with E-state index in [0.29, 0.717) is 17.4 Å². The summed E-state index contributed by atoms with van der Waals surface area (Å²) in [5.74, 6) is -0.785. The van der Waals surface area contributed by atoms with E-state index in [1.807, 2.05) is 21.1 Å². The average molecular weight is 1230 g/mol. The second kappa shape index (κ2) is 66.6. The molecule has 2 atom stereocenters. The van der Waals surface area contributed by atoms with Crippen LogP contribution >= 0.6 is 7.82 Å². The predicted octanol–water partition coefficient (Wildman–Crippen LogP) is 23.7. The zero-order chi connectivity index (χ0) is 62.6. The van der Waals surface area contributed by atoms with E-state index in [0.717, 1.165) is 70.6 Å². The molecule has 1 N–H and O–H groups in total. The average Bonchev–Trinajstić information content (AvgIpc) is 3.70. The summed E-state index contributed by atoms with van der Waals surface area (Å²) in [4.78, 5) is 35.9. The lowest BCUT2D eigenvalue weighted by atomic mass is 10.0. The molecule has 2 unspecified atom stereocenters. The van der Waals surface area contributed by atoms with Gasteiger partial charge in [-0.1, -0.05) is 317 Å². The van der Waals surface area contributed by atoms with Gasteiger partial charge in [-0.25, -0.2) is 4.57 Å². The standard InChI is InChI=1S/C76H138NO8P/c1-6-8-10-12-14-16-18-20-22-24-26-28-30-32-34-36-37-38-39-41-43-45-47-49-51-53-55-57-59-61-63-65-67-69-76(79)85-74(73-84-86(80,81)83-71-70-77(3,4)5)72-82-75(78)68-66-64-62-60-58-56-54-52-50-48-46-44-42-40-35-33-31-29-27-25-23-21-19-17-15-13-11-9-7-2/h8,10,14,16,19-22,25-28,31,33,74H,6-7,9,11-13,15,17-18,23-24,29-30,32,34-73H2,1-5H3/p+1/b10-8-,16-14-,21-19-,22-20-,27-25-,28-26-,33-31-. The number of nitrogens with zero attached hydrogens (tertiary/aromatic N) is 1. The molecule has 0 aliphatic rings. The quantitative estimate of drug-likeness (QED) is 0.0211. The molecule has 0 spiro atoms. The normalized spacial score (nSPS) is 13.6. The van der Waals surface area contributed by atoms with E-state index in [-0.39, 0.29) is 32.0 Å². The van der Waals surface area contributed by atoms with Gasteiger partial charge in [-0.15, -0.1) is 0 Å². The molecule has 86 heavy (non-hydrogen) atoms. The number of rotatable bonds is 67. The third kappa shape index (κ3) is 70.3. The van der Waals surface area contributed by atoms with Crippen molar-refractivity contribution in [2.24, 2.45) is 0 Å². The third-order valence-corrected chi connectivity index (χ3v) is 16.9. The van der Waals surface area contributed by atoms with Crippen LogP contribution in [0.2, 0.25) is 0 Å². The van der Waals surface area contributed by atoms with Crippen molar-refractivity contribution in [3.8, 4) is 0 Å². The van der Waals surface area contributed by atoms with Crippen LogP contribution in [0.5, 0.6) is 0 Å². The van der Waals surface area contributed by atoms with Crippen LogP contribution in [0.25, 0.3) is 0 Å². The lowest BCUT2D eigenvalue weighted by Crippen LogP contribution is -2.37. The molecule has 0 aliphatic carbocycles. The van der Waals surface area contributed by atoms with Gasteiger partial charge < -0.3 is 18.9 Å². The van der Waals surface area contributed by atoms with Crippen molar-refractivity contribution in [3.63, 3.8) is 0 Å². The number of hydrogen-bond acceptors (Lipinski definition) is 7. The van der Waals surface area contributed by atoms with Gasteiger partial charge in [0.1, 0.15) is 19.8 Å². The van der Waals surface area contributed by atoms with Crippen molar-refractivity contribution < 1.29 is 42.1 Å². The van der Waals surface area contributed by atoms with Crippen LogP contribution in [0.3, 0.4) is 0 Å². The molecule has 0 aromatic rings. The zero-order valence-corrected chi connectivity index (χ0v) is 57.9. The fraction of sp³-hybridized carbons (Fsp3) is 0.789. The first kappa shape index (κ1) is 83.2. The summed E-state index contributed by atoms with van der Waals surface area (Å²) in [6.07, 6.45) is 91.2. The minimum atomic E-state index is -4.39. The Morgan fingerprint density at radius 3 is 0.988 bits per heavy atom. The number of carbonyl (C=O) groups excluding carboxylic acids is 2. The Morgan fingerprint density at radius 2 is 0.663 bits per heavy atom. The van der Waals surface area contributed by atoms with Crippen molar-refractivity contribution in [1.29, 1.82) is 0 Å².